The average Bonchev–Trinajstić information content (AvgIpc) is 3.36. The molecule has 204 valence electrons. The van der Waals surface area contributed by atoms with E-state index in [-0.39, 0.29) is 28.7 Å². The molecule has 0 fully saturated rings. The Bertz CT molecular complexity index is 1590. The number of aromatic nitrogens is 2. The molecule has 0 saturated heterocycles. The van der Waals surface area contributed by atoms with Crippen LogP contribution in [0.3, 0.4) is 0 Å². The number of nitriles is 1. The van der Waals surface area contributed by atoms with Crippen molar-refractivity contribution in [3.05, 3.63) is 87.3 Å². The molecule has 0 radical (unpaired) electrons. The number of Topliss-reactive ketones (excluding diaryl/α,β-unsaturated/α-hetero) is 1. The summed E-state index contributed by atoms with van der Waals surface area (Å²) in [5, 5.41) is 22.7. The smallest absolute Gasteiger partial charge is 0.234 e. The number of benzene rings is 2. The van der Waals surface area contributed by atoms with Gasteiger partial charge in [0.05, 0.1) is 23.3 Å². The molecular weight excluding hydrogens is 564 g/mol. The summed E-state index contributed by atoms with van der Waals surface area (Å²) in [5.41, 5.74) is 10.6. The number of nitrogens with one attached hydrogen (secondary N) is 1. The summed E-state index contributed by atoms with van der Waals surface area (Å²) in [5.74, 6) is -0.371. The molecule has 1 aromatic heterocycles. The van der Waals surface area contributed by atoms with Crippen molar-refractivity contribution in [3.63, 3.8) is 0 Å². The number of hydrogen-bond acceptors (Lipinski definition) is 9. The molecule has 1 unspecified atom stereocenters. The number of hydrogen-bond donors (Lipinski definition) is 2. The van der Waals surface area contributed by atoms with Crippen LogP contribution in [0.15, 0.2) is 75.5 Å². The van der Waals surface area contributed by atoms with Gasteiger partial charge in [0.15, 0.2) is 10.1 Å². The zero-order valence-corrected chi connectivity index (χ0v) is 24.6. The Kier molecular flexibility index (Phi) is 7.73. The molecule has 0 bridgehead atoms. The van der Waals surface area contributed by atoms with E-state index in [1.54, 1.807) is 29.2 Å². The predicted octanol–water partition coefficient (Wildman–Crippen LogP) is 6.17. The number of rotatable bonds is 6. The number of nitrogens with zero attached hydrogens (tertiary/aromatic N) is 4. The lowest BCUT2D eigenvalue weighted by Crippen LogP contribution is -2.42. The maximum Gasteiger partial charge on any atom is 0.234 e. The quantitative estimate of drug-likeness (QED) is 0.326. The molecular formula is C29H27ClN6O2S2. The van der Waals surface area contributed by atoms with E-state index >= 15 is 0 Å². The van der Waals surface area contributed by atoms with Crippen molar-refractivity contribution >= 4 is 57.2 Å². The fourth-order valence-corrected chi connectivity index (χ4v) is 6.84. The zero-order valence-electron chi connectivity index (χ0n) is 22.2. The van der Waals surface area contributed by atoms with Gasteiger partial charge in [-0.15, -0.1) is 10.2 Å². The monoisotopic (exact) mass is 590 g/mol. The van der Waals surface area contributed by atoms with Crippen LogP contribution in [0.5, 0.6) is 0 Å². The molecule has 2 aliphatic rings. The maximum absolute atomic E-state index is 13.6. The second-order valence-electron chi connectivity index (χ2n) is 10.6. The van der Waals surface area contributed by atoms with E-state index in [0.29, 0.717) is 44.2 Å². The van der Waals surface area contributed by atoms with Gasteiger partial charge in [-0.05, 0) is 48.6 Å². The molecule has 1 aliphatic heterocycles. The molecule has 2 aromatic carbocycles. The number of ketones is 1. The van der Waals surface area contributed by atoms with Crippen molar-refractivity contribution in [2.75, 3.05) is 16.0 Å². The Hall–Kier alpha value is -3.65. The van der Waals surface area contributed by atoms with Crippen molar-refractivity contribution in [2.24, 2.45) is 11.1 Å². The fraction of sp³-hybridized carbons (Fsp3) is 0.276. The first kappa shape index (κ1) is 27.9. The topological polar surface area (TPSA) is 125 Å². The van der Waals surface area contributed by atoms with Gasteiger partial charge in [-0.1, -0.05) is 78.4 Å². The van der Waals surface area contributed by atoms with Gasteiger partial charge < -0.3 is 11.1 Å². The third-order valence-corrected chi connectivity index (χ3v) is 9.13. The Morgan fingerprint density at radius 2 is 1.90 bits per heavy atom. The minimum Gasteiger partial charge on any atom is -0.384 e. The van der Waals surface area contributed by atoms with Crippen LogP contribution in [0.2, 0.25) is 5.02 Å². The van der Waals surface area contributed by atoms with Crippen LogP contribution in [-0.2, 0) is 9.59 Å². The highest BCUT2D eigenvalue weighted by atomic mass is 35.5. The highest BCUT2D eigenvalue weighted by Gasteiger charge is 2.45. The Labute approximate surface area is 245 Å². The lowest BCUT2D eigenvalue weighted by atomic mass is 9.68. The summed E-state index contributed by atoms with van der Waals surface area (Å²) in [4.78, 5) is 27.8. The van der Waals surface area contributed by atoms with E-state index in [0.717, 1.165) is 16.8 Å². The highest BCUT2D eigenvalue weighted by Crippen LogP contribution is 2.50. The SMILES string of the molecule is Cc1ccc(C2C(C#N)=C(N)N(c3nnc(SCC(=O)Nc4ccc(Cl)cc4)s3)C3=C2C(=O)CC(C)(C)C3)cc1. The largest absolute Gasteiger partial charge is 0.384 e. The number of halogens is 1. The number of thioether (sulfide) groups is 1. The molecule has 3 N–H and O–H groups in total. The zero-order chi connectivity index (χ0) is 28.6. The number of anilines is 2. The van der Waals surface area contributed by atoms with Crippen molar-refractivity contribution < 1.29 is 9.59 Å². The maximum atomic E-state index is 13.6. The first-order chi connectivity index (χ1) is 19.1. The number of aryl methyl sites for hydroxylation is 1. The summed E-state index contributed by atoms with van der Waals surface area (Å²) in [6, 6.07) is 17.0. The summed E-state index contributed by atoms with van der Waals surface area (Å²) < 4.78 is 0.566. The standard InChI is InChI=1S/C29H27ClN6O2S2/c1-16-4-6-17(7-5-16)24-20(14-31)26(32)36(21-12-29(2,3)13-22(37)25(21)24)27-34-35-28(40-27)39-15-23(38)33-19-10-8-18(30)9-11-19/h4-11,24H,12-13,15,32H2,1-3H3,(H,33,38). The van der Waals surface area contributed by atoms with E-state index in [1.807, 2.05) is 45.0 Å². The normalized spacial score (nSPS) is 18.4. The van der Waals surface area contributed by atoms with E-state index in [4.69, 9.17) is 17.3 Å². The molecule has 0 saturated carbocycles. The molecule has 8 nitrogen and oxygen atoms in total. The number of carbonyl (C=O) groups excluding carboxylic acids is 2. The molecule has 2 heterocycles. The molecule has 3 aromatic rings. The van der Waals surface area contributed by atoms with Crippen LogP contribution in [0, 0.1) is 23.7 Å². The van der Waals surface area contributed by atoms with Crippen molar-refractivity contribution in [3.8, 4) is 6.07 Å². The summed E-state index contributed by atoms with van der Waals surface area (Å²) in [6.07, 6.45) is 0.960. The molecule has 1 atom stereocenters. The van der Waals surface area contributed by atoms with E-state index in [2.05, 4.69) is 21.6 Å². The third-order valence-electron chi connectivity index (χ3n) is 6.83. The van der Waals surface area contributed by atoms with Crippen molar-refractivity contribution in [1.82, 2.24) is 10.2 Å². The fourth-order valence-electron chi connectivity index (χ4n) is 5.03. The van der Waals surface area contributed by atoms with Crippen molar-refractivity contribution in [1.29, 1.82) is 5.26 Å². The van der Waals surface area contributed by atoms with E-state index in [1.165, 1.54) is 23.1 Å². The van der Waals surface area contributed by atoms with Crippen LogP contribution >= 0.6 is 34.7 Å². The van der Waals surface area contributed by atoms with Gasteiger partial charge in [0.1, 0.15) is 5.82 Å². The summed E-state index contributed by atoms with van der Waals surface area (Å²) in [6.45, 7) is 6.09. The summed E-state index contributed by atoms with van der Waals surface area (Å²) >= 11 is 8.42. The van der Waals surface area contributed by atoms with Gasteiger partial charge in [-0.2, -0.15) is 5.26 Å². The lowest BCUT2D eigenvalue weighted by molar-refractivity contribution is -0.118. The third kappa shape index (κ3) is 5.63. The first-order valence-electron chi connectivity index (χ1n) is 12.6. The lowest BCUT2D eigenvalue weighted by Gasteiger charge is -2.42. The van der Waals surface area contributed by atoms with Gasteiger partial charge in [0.2, 0.25) is 11.0 Å². The molecule has 1 amide bonds. The predicted molar refractivity (Wildman–Crippen MR) is 159 cm³/mol. The van der Waals surface area contributed by atoms with Crippen LogP contribution in [0.4, 0.5) is 10.8 Å². The second kappa shape index (κ2) is 11.1. The number of nitrogens with two attached hydrogens (primary N) is 1. The minimum absolute atomic E-state index is 0.0000549. The summed E-state index contributed by atoms with van der Waals surface area (Å²) in [7, 11) is 0. The molecule has 1 aliphatic carbocycles. The Balaban J connectivity index is 1.46. The highest BCUT2D eigenvalue weighted by molar-refractivity contribution is 8.01. The molecule has 5 rings (SSSR count). The average molecular weight is 591 g/mol. The van der Waals surface area contributed by atoms with Gasteiger partial charge in [0.25, 0.3) is 0 Å². The number of carbonyl (C=O) groups is 2. The van der Waals surface area contributed by atoms with Gasteiger partial charge in [-0.25, -0.2) is 0 Å². The molecule has 11 heteroatoms. The van der Waals surface area contributed by atoms with Crippen LogP contribution in [0.25, 0.3) is 0 Å². The molecule has 40 heavy (non-hydrogen) atoms. The first-order valence-corrected chi connectivity index (χ1v) is 14.8. The Morgan fingerprint density at radius 1 is 1.20 bits per heavy atom. The molecule has 0 spiro atoms. The van der Waals surface area contributed by atoms with Crippen LogP contribution in [0.1, 0.15) is 43.7 Å². The van der Waals surface area contributed by atoms with Crippen LogP contribution in [-0.4, -0.2) is 27.6 Å². The van der Waals surface area contributed by atoms with Gasteiger partial charge in [-0.3, -0.25) is 14.5 Å². The number of allylic oxidation sites excluding steroid dienone is 3. The second-order valence-corrected chi connectivity index (χ2v) is 13.2. The van der Waals surface area contributed by atoms with Crippen LogP contribution < -0.4 is 16.0 Å². The Morgan fingerprint density at radius 3 is 2.58 bits per heavy atom. The van der Waals surface area contributed by atoms with Crippen molar-refractivity contribution in [2.45, 2.75) is 43.9 Å². The van der Waals surface area contributed by atoms with Gasteiger partial charge >= 0.3 is 0 Å². The van der Waals surface area contributed by atoms with E-state index in [9.17, 15) is 14.9 Å². The van der Waals surface area contributed by atoms with E-state index < -0.39 is 5.92 Å². The number of amides is 1. The minimum atomic E-state index is -0.543. The van der Waals surface area contributed by atoms with Gasteiger partial charge in [0, 0.05) is 28.4 Å².